The molecule has 0 aliphatic carbocycles. The molecule has 5 heteroatoms. The zero-order valence-corrected chi connectivity index (χ0v) is 5.86. The second-order valence-corrected chi connectivity index (χ2v) is 2.42. The van der Waals surface area contributed by atoms with Crippen molar-refractivity contribution in [3.05, 3.63) is 0 Å². The summed E-state index contributed by atoms with van der Waals surface area (Å²) >= 11 is 0. The number of hydrogen-bond acceptors (Lipinski definition) is 3. The quantitative estimate of drug-likeness (QED) is 0.506. The molecule has 5 nitrogen and oxygen atoms in total. The van der Waals surface area contributed by atoms with Crippen molar-refractivity contribution in [3.63, 3.8) is 0 Å². The molecule has 62 valence electrons. The van der Waals surface area contributed by atoms with Crippen molar-refractivity contribution in [2.24, 2.45) is 0 Å². The van der Waals surface area contributed by atoms with Crippen LogP contribution in [0.1, 0.15) is 12.8 Å². The zero-order chi connectivity index (χ0) is 8.43. The molecule has 1 aliphatic rings. The molecular formula is C6H9NO4. The van der Waals surface area contributed by atoms with E-state index in [0.717, 1.165) is 4.90 Å². The molecule has 1 amide bonds. The summed E-state index contributed by atoms with van der Waals surface area (Å²) in [7, 11) is 0. The first-order valence-electron chi connectivity index (χ1n) is 3.33. The van der Waals surface area contributed by atoms with Gasteiger partial charge in [0.25, 0.3) is 0 Å². The van der Waals surface area contributed by atoms with Gasteiger partial charge >= 0.3 is 6.09 Å². The third kappa shape index (κ3) is 1.48. The van der Waals surface area contributed by atoms with Crippen molar-refractivity contribution in [3.8, 4) is 0 Å². The van der Waals surface area contributed by atoms with E-state index in [9.17, 15) is 9.59 Å². The van der Waals surface area contributed by atoms with E-state index in [1.807, 2.05) is 0 Å². The monoisotopic (exact) mass is 159 g/mol. The van der Waals surface area contributed by atoms with Crippen LogP contribution in [0.5, 0.6) is 0 Å². The normalized spacial score (nSPS) is 25.4. The number of carbonyl (C=O) groups is 2. The topological polar surface area (TPSA) is 77.8 Å². The van der Waals surface area contributed by atoms with Crippen molar-refractivity contribution in [2.45, 2.75) is 19.1 Å². The fourth-order valence-electron chi connectivity index (χ4n) is 1.05. The Morgan fingerprint density at radius 2 is 2.27 bits per heavy atom. The molecule has 1 rings (SSSR count). The molecule has 1 heterocycles. The van der Waals surface area contributed by atoms with Crippen molar-refractivity contribution in [1.82, 2.24) is 4.90 Å². The summed E-state index contributed by atoms with van der Waals surface area (Å²) in [6, 6.07) is 0. The SMILES string of the molecule is O=C1CCCN(C(=O)O)[C@H]1O. The van der Waals surface area contributed by atoms with Gasteiger partial charge in [0.05, 0.1) is 0 Å². The lowest BCUT2D eigenvalue weighted by molar-refractivity contribution is -0.138. The Morgan fingerprint density at radius 1 is 1.64 bits per heavy atom. The van der Waals surface area contributed by atoms with Gasteiger partial charge < -0.3 is 10.2 Å². The first-order valence-corrected chi connectivity index (χ1v) is 3.33. The summed E-state index contributed by atoms with van der Waals surface area (Å²) in [5.74, 6) is -0.418. The smallest absolute Gasteiger partial charge is 0.409 e. The standard InChI is InChI=1S/C6H9NO4/c8-4-2-1-3-7(5(4)9)6(10)11/h5,9H,1-3H2,(H,10,11)/t5-/m0/s1. The average Bonchev–Trinajstić information content (AvgIpc) is 1.94. The van der Waals surface area contributed by atoms with E-state index < -0.39 is 18.1 Å². The molecule has 0 radical (unpaired) electrons. The van der Waals surface area contributed by atoms with Gasteiger partial charge in [-0.3, -0.25) is 9.69 Å². The maximum absolute atomic E-state index is 10.8. The van der Waals surface area contributed by atoms with Crippen molar-refractivity contribution >= 4 is 11.9 Å². The summed E-state index contributed by atoms with van der Waals surface area (Å²) in [5.41, 5.74) is 0. The maximum atomic E-state index is 10.8. The largest absolute Gasteiger partial charge is 0.465 e. The maximum Gasteiger partial charge on any atom is 0.409 e. The van der Waals surface area contributed by atoms with Crippen LogP contribution < -0.4 is 0 Å². The van der Waals surface area contributed by atoms with E-state index in [-0.39, 0.29) is 13.0 Å². The number of carbonyl (C=O) groups excluding carboxylic acids is 1. The van der Waals surface area contributed by atoms with E-state index in [4.69, 9.17) is 10.2 Å². The number of ketones is 1. The second-order valence-electron chi connectivity index (χ2n) is 2.42. The van der Waals surface area contributed by atoms with Crippen LogP contribution in [-0.2, 0) is 4.79 Å². The van der Waals surface area contributed by atoms with Crippen molar-refractivity contribution in [2.75, 3.05) is 6.54 Å². The van der Waals surface area contributed by atoms with Crippen LogP contribution in [0.2, 0.25) is 0 Å². The number of likely N-dealkylation sites (tertiary alicyclic amines) is 1. The molecule has 0 aromatic heterocycles. The number of hydrogen-bond donors (Lipinski definition) is 2. The Morgan fingerprint density at radius 3 is 2.73 bits per heavy atom. The fourth-order valence-corrected chi connectivity index (χ4v) is 1.05. The van der Waals surface area contributed by atoms with E-state index in [1.54, 1.807) is 0 Å². The first-order chi connectivity index (χ1) is 5.13. The van der Waals surface area contributed by atoms with Crippen LogP contribution in [-0.4, -0.2) is 39.8 Å². The number of piperidine rings is 1. The van der Waals surface area contributed by atoms with Crippen LogP contribution in [0.3, 0.4) is 0 Å². The van der Waals surface area contributed by atoms with Gasteiger partial charge in [0.2, 0.25) is 0 Å². The van der Waals surface area contributed by atoms with Crippen molar-refractivity contribution in [1.29, 1.82) is 0 Å². The van der Waals surface area contributed by atoms with Crippen molar-refractivity contribution < 1.29 is 19.8 Å². The van der Waals surface area contributed by atoms with Crippen LogP contribution in [0.15, 0.2) is 0 Å². The van der Waals surface area contributed by atoms with Gasteiger partial charge in [0, 0.05) is 13.0 Å². The molecule has 0 saturated carbocycles. The van der Waals surface area contributed by atoms with E-state index >= 15 is 0 Å². The van der Waals surface area contributed by atoms with Gasteiger partial charge in [-0.2, -0.15) is 0 Å². The molecule has 1 aliphatic heterocycles. The number of aliphatic hydroxyl groups is 1. The predicted molar refractivity (Wildman–Crippen MR) is 35.0 cm³/mol. The van der Waals surface area contributed by atoms with E-state index in [0.29, 0.717) is 6.42 Å². The fraction of sp³-hybridized carbons (Fsp3) is 0.667. The number of carboxylic acid groups (broad SMARTS) is 1. The minimum absolute atomic E-state index is 0.238. The number of aliphatic hydroxyl groups excluding tert-OH is 1. The van der Waals surface area contributed by atoms with Crippen LogP contribution >= 0.6 is 0 Å². The summed E-state index contributed by atoms with van der Waals surface area (Å²) in [4.78, 5) is 21.8. The molecule has 0 unspecified atom stereocenters. The number of nitrogens with zero attached hydrogens (tertiary/aromatic N) is 1. The molecule has 1 fully saturated rings. The first kappa shape index (κ1) is 8.00. The highest BCUT2D eigenvalue weighted by atomic mass is 16.4. The number of rotatable bonds is 0. The van der Waals surface area contributed by atoms with Gasteiger partial charge in [-0.1, -0.05) is 0 Å². The molecule has 0 spiro atoms. The Bertz CT molecular complexity index is 191. The summed E-state index contributed by atoms with van der Waals surface area (Å²) in [6.07, 6.45) is -1.92. The molecular weight excluding hydrogens is 150 g/mol. The van der Waals surface area contributed by atoms with Gasteiger partial charge in [-0.15, -0.1) is 0 Å². The molecule has 2 N–H and O–H groups in total. The van der Waals surface area contributed by atoms with E-state index in [2.05, 4.69) is 0 Å². The summed E-state index contributed by atoms with van der Waals surface area (Å²) in [5, 5.41) is 17.4. The predicted octanol–water partition coefficient (Wildman–Crippen LogP) is -0.352. The van der Waals surface area contributed by atoms with Gasteiger partial charge in [-0.25, -0.2) is 4.79 Å². The van der Waals surface area contributed by atoms with Gasteiger partial charge in [0.1, 0.15) is 0 Å². The average molecular weight is 159 g/mol. The Balaban J connectivity index is 2.65. The Labute approximate surface area is 63.2 Å². The Hall–Kier alpha value is -1.10. The third-order valence-corrected chi connectivity index (χ3v) is 1.65. The highest BCUT2D eigenvalue weighted by Crippen LogP contribution is 2.10. The molecule has 0 aromatic carbocycles. The summed E-state index contributed by atoms with van der Waals surface area (Å²) in [6.45, 7) is 0.238. The third-order valence-electron chi connectivity index (χ3n) is 1.65. The van der Waals surface area contributed by atoms with Crippen LogP contribution in [0, 0.1) is 0 Å². The minimum Gasteiger partial charge on any atom is -0.465 e. The Kier molecular flexibility index (Phi) is 2.09. The van der Waals surface area contributed by atoms with Gasteiger partial charge in [-0.05, 0) is 6.42 Å². The lowest BCUT2D eigenvalue weighted by atomic mass is 10.1. The molecule has 1 saturated heterocycles. The molecule has 0 bridgehead atoms. The molecule has 0 aromatic rings. The van der Waals surface area contributed by atoms with Crippen LogP contribution in [0.25, 0.3) is 0 Å². The van der Waals surface area contributed by atoms with Gasteiger partial charge in [0.15, 0.2) is 12.0 Å². The number of amides is 1. The highest BCUT2D eigenvalue weighted by molar-refractivity contribution is 5.86. The minimum atomic E-state index is -1.44. The highest BCUT2D eigenvalue weighted by Gasteiger charge is 2.30. The lowest BCUT2D eigenvalue weighted by Crippen LogP contribution is -2.48. The lowest BCUT2D eigenvalue weighted by Gasteiger charge is -2.27. The second kappa shape index (κ2) is 2.87. The molecule has 11 heavy (non-hydrogen) atoms. The zero-order valence-electron chi connectivity index (χ0n) is 5.86. The van der Waals surface area contributed by atoms with Crippen LogP contribution in [0.4, 0.5) is 4.79 Å². The molecule has 1 atom stereocenters. The summed E-state index contributed by atoms with van der Waals surface area (Å²) < 4.78 is 0. The number of Topliss-reactive ketones (excluding diaryl/α,β-unsaturated/α-hetero) is 1. The van der Waals surface area contributed by atoms with E-state index in [1.165, 1.54) is 0 Å².